The number of ether oxygens (including phenoxy) is 1. The third-order valence-electron chi connectivity index (χ3n) is 3.03. The number of nitrogens with zero attached hydrogens (tertiary/aromatic N) is 1. The number of methoxy groups -OCH3 is 1. The first-order valence-electron chi connectivity index (χ1n) is 6.66. The molecule has 0 heterocycles. The Labute approximate surface area is 145 Å². The molecule has 0 aliphatic carbocycles. The van der Waals surface area contributed by atoms with Crippen LogP contribution in [0.15, 0.2) is 46.4 Å². The number of hydrogen-bond acceptors (Lipinski definition) is 3. The van der Waals surface area contributed by atoms with Crippen LogP contribution in [0.4, 0.5) is 14.5 Å². The van der Waals surface area contributed by atoms with Gasteiger partial charge in [0.05, 0.1) is 17.3 Å². The van der Waals surface area contributed by atoms with Gasteiger partial charge in [-0.05, 0) is 51.8 Å². The molecule has 0 aliphatic heterocycles. The van der Waals surface area contributed by atoms with E-state index >= 15 is 0 Å². The molecule has 0 radical (unpaired) electrons. The van der Waals surface area contributed by atoms with Gasteiger partial charge in [0.15, 0.2) is 0 Å². The second-order valence-corrected chi connectivity index (χ2v) is 5.50. The summed E-state index contributed by atoms with van der Waals surface area (Å²) in [4.78, 5) is 12.1. The molecule has 0 saturated carbocycles. The number of carbonyl (C=O) groups is 1. The van der Waals surface area contributed by atoms with Crippen LogP contribution in [0.1, 0.15) is 5.56 Å². The van der Waals surface area contributed by atoms with Gasteiger partial charge in [0.1, 0.15) is 29.0 Å². The first-order valence-corrected chi connectivity index (χ1v) is 7.45. The smallest absolute Gasteiger partial charge is 0.266 e. The van der Waals surface area contributed by atoms with E-state index in [1.165, 1.54) is 13.2 Å². The number of halogens is 3. The minimum atomic E-state index is -0.923. The summed E-state index contributed by atoms with van der Waals surface area (Å²) in [6.07, 6.45) is 1.35. The molecule has 4 nitrogen and oxygen atoms in total. The molecule has 0 atom stereocenters. The Morgan fingerprint density at radius 2 is 2.04 bits per heavy atom. The fourth-order valence-electron chi connectivity index (χ4n) is 1.87. The van der Waals surface area contributed by atoms with Gasteiger partial charge in [-0.15, -0.1) is 0 Å². The van der Waals surface area contributed by atoms with Crippen molar-refractivity contribution in [1.82, 2.24) is 0 Å². The van der Waals surface area contributed by atoms with Gasteiger partial charge in [-0.25, -0.2) is 8.78 Å². The van der Waals surface area contributed by atoms with Crippen molar-refractivity contribution in [2.24, 2.45) is 0 Å². The number of nitriles is 1. The lowest BCUT2D eigenvalue weighted by molar-refractivity contribution is -0.112. The van der Waals surface area contributed by atoms with Gasteiger partial charge in [-0.3, -0.25) is 4.79 Å². The maximum atomic E-state index is 13.6. The molecule has 7 heteroatoms. The Morgan fingerprint density at radius 1 is 1.29 bits per heavy atom. The number of nitrogens with one attached hydrogen (secondary N) is 1. The van der Waals surface area contributed by atoms with Crippen LogP contribution in [0.25, 0.3) is 6.08 Å². The molecule has 2 aromatic rings. The van der Waals surface area contributed by atoms with Gasteiger partial charge in [0.2, 0.25) is 0 Å². The van der Waals surface area contributed by atoms with E-state index in [9.17, 15) is 13.6 Å². The van der Waals surface area contributed by atoms with Crippen molar-refractivity contribution in [2.75, 3.05) is 12.4 Å². The summed E-state index contributed by atoms with van der Waals surface area (Å²) in [5, 5.41) is 11.4. The average molecular weight is 393 g/mol. The fourth-order valence-corrected chi connectivity index (χ4v) is 2.43. The molecule has 122 valence electrons. The van der Waals surface area contributed by atoms with Crippen molar-refractivity contribution in [1.29, 1.82) is 5.26 Å². The lowest BCUT2D eigenvalue weighted by Crippen LogP contribution is -2.14. The molecule has 1 N–H and O–H groups in total. The van der Waals surface area contributed by atoms with Crippen molar-refractivity contribution in [3.8, 4) is 11.8 Å². The van der Waals surface area contributed by atoms with E-state index in [-0.39, 0.29) is 11.3 Å². The van der Waals surface area contributed by atoms with Gasteiger partial charge in [0.25, 0.3) is 5.91 Å². The van der Waals surface area contributed by atoms with Crippen LogP contribution in [0.5, 0.6) is 5.75 Å². The molecule has 2 rings (SSSR count). The zero-order valence-electron chi connectivity index (χ0n) is 12.4. The number of amides is 1. The summed E-state index contributed by atoms with van der Waals surface area (Å²) in [6.45, 7) is 0. The van der Waals surface area contributed by atoms with Crippen LogP contribution >= 0.6 is 15.9 Å². The van der Waals surface area contributed by atoms with Gasteiger partial charge in [-0.2, -0.15) is 5.26 Å². The lowest BCUT2D eigenvalue weighted by Gasteiger charge is -2.06. The molecule has 0 fully saturated rings. The van der Waals surface area contributed by atoms with E-state index < -0.39 is 17.5 Å². The van der Waals surface area contributed by atoms with Gasteiger partial charge in [0, 0.05) is 6.07 Å². The van der Waals surface area contributed by atoms with Crippen LogP contribution in [-0.2, 0) is 4.79 Å². The highest BCUT2D eigenvalue weighted by Gasteiger charge is 2.13. The maximum Gasteiger partial charge on any atom is 0.266 e. The monoisotopic (exact) mass is 392 g/mol. The summed E-state index contributed by atoms with van der Waals surface area (Å²) in [5.74, 6) is -1.88. The molecule has 0 unspecified atom stereocenters. The Bertz CT molecular complexity index is 860. The quantitative estimate of drug-likeness (QED) is 0.623. The van der Waals surface area contributed by atoms with E-state index in [1.54, 1.807) is 24.3 Å². The number of anilines is 1. The minimum Gasteiger partial charge on any atom is -0.496 e. The van der Waals surface area contributed by atoms with E-state index in [2.05, 4.69) is 21.2 Å². The molecule has 0 saturated heterocycles. The normalized spacial score (nSPS) is 10.9. The molecule has 0 aromatic heterocycles. The van der Waals surface area contributed by atoms with Crippen molar-refractivity contribution in [3.05, 3.63) is 63.6 Å². The number of hydrogen-bond donors (Lipinski definition) is 1. The summed E-state index contributed by atoms with van der Waals surface area (Å²) < 4.78 is 32.2. The SMILES string of the molecule is COc1ccc(/C=C(\C#N)C(=O)Nc2ccc(F)cc2F)cc1Br. The number of carbonyl (C=O) groups excluding carboxylic acids is 1. The highest BCUT2D eigenvalue weighted by atomic mass is 79.9. The molecule has 0 spiro atoms. The molecule has 24 heavy (non-hydrogen) atoms. The third kappa shape index (κ3) is 4.18. The predicted octanol–water partition coefficient (Wildman–Crippen LogP) is 4.28. The number of benzene rings is 2. The molecule has 1 amide bonds. The zero-order chi connectivity index (χ0) is 17.7. The molecular formula is C17H11BrF2N2O2. The first kappa shape index (κ1) is 17.6. The van der Waals surface area contributed by atoms with Crippen LogP contribution in [0.2, 0.25) is 0 Å². The second-order valence-electron chi connectivity index (χ2n) is 4.64. The van der Waals surface area contributed by atoms with Crippen molar-refractivity contribution in [3.63, 3.8) is 0 Å². The molecular weight excluding hydrogens is 382 g/mol. The van der Waals surface area contributed by atoms with E-state index in [0.717, 1.165) is 12.1 Å². The van der Waals surface area contributed by atoms with Crippen molar-refractivity contribution < 1.29 is 18.3 Å². The second kappa shape index (κ2) is 7.70. The Balaban J connectivity index is 2.25. The van der Waals surface area contributed by atoms with Gasteiger partial charge in [-0.1, -0.05) is 6.07 Å². The van der Waals surface area contributed by atoms with E-state index in [1.807, 2.05) is 0 Å². The summed E-state index contributed by atoms with van der Waals surface area (Å²) in [7, 11) is 1.51. The predicted molar refractivity (Wildman–Crippen MR) is 89.3 cm³/mol. The first-order chi connectivity index (χ1) is 11.4. The average Bonchev–Trinajstić information content (AvgIpc) is 2.55. The largest absolute Gasteiger partial charge is 0.496 e. The Morgan fingerprint density at radius 3 is 2.62 bits per heavy atom. The van der Waals surface area contributed by atoms with Crippen LogP contribution in [-0.4, -0.2) is 13.0 Å². The highest BCUT2D eigenvalue weighted by Crippen LogP contribution is 2.26. The Kier molecular flexibility index (Phi) is 5.66. The standard InChI is InChI=1S/C17H11BrF2N2O2/c1-24-16-5-2-10(7-13(16)18)6-11(9-21)17(23)22-15-4-3-12(19)8-14(15)20/h2-8H,1H3,(H,22,23)/b11-6+. The van der Waals surface area contributed by atoms with Gasteiger partial charge >= 0.3 is 0 Å². The summed E-state index contributed by atoms with van der Waals surface area (Å²) in [6, 6.07) is 9.49. The maximum absolute atomic E-state index is 13.6. The third-order valence-corrected chi connectivity index (χ3v) is 3.65. The summed E-state index contributed by atoms with van der Waals surface area (Å²) in [5.41, 5.74) is 0.142. The highest BCUT2D eigenvalue weighted by molar-refractivity contribution is 9.10. The summed E-state index contributed by atoms with van der Waals surface area (Å²) >= 11 is 3.30. The fraction of sp³-hybridized carbons (Fsp3) is 0.0588. The van der Waals surface area contributed by atoms with Crippen LogP contribution < -0.4 is 10.1 Å². The topological polar surface area (TPSA) is 62.1 Å². The van der Waals surface area contributed by atoms with Crippen molar-refractivity contribution in [2.45, 2.75) is 0 Å². The lowest BCUT2D eigenvalue weighted by atomic mass is 10.1. The molecule has 0 aliphatic rings. The zero-order valence-corrected chi connectivity index (χ0v) is 14.0. The molecule has 2 aromatic carbocycles. The van der Waals surface area contributed by atoms with Gasteiger partial charge < -0.3 is 10.1 Å². The minimum absolute atomic E-state index is 0.210. The van der Waals surface area contributed by atoms with E-state index in [0.29, 0.717) is 21.9 Å². The number of rotatable bonds is 4. The Hall–Kier alpha value is -2.72. The van der Waals surface area contributed by atoms with Crippen molar-refractivity contribution >= 4 is 33.6 Å². The van der Waals surface area contributed by atoms with Crippen LogP contribution in [0.3, 0.4) is 0 Å². The van der Waals surface area contributed by atoms with Crippen LogP contribution in [0, 0.1) is 23.0 Å². The molecule has 0 bridgehead atoms. The van der Waals surface area contributed by atoms with E-state index in [4.69, 9.17) is 10.00 Å².